The number of cyclic esters (lactones) is 2. The molecule has 384 valence electrons. The molecule has 2 heterocycles. The Morgan fingerprint density at radius 2 is 0.918 bits per heavy atom. The van der Waals surface area contributed by atoms with E-state index >= 15 is 0 Å². The highest BCUT2D eigenvalue weighted by atomic mass is 19.2. The molecule has 0 spiro atoms. The monoisotopic (exact) mass is 1010 g/mol. The van der Waals surface area contributed by atoms with Gasteiger partial charge in [0.1, 0.15) is 46.1 Å². The van der Waals surface area contributed by atoms with Crippen LogP contribution in [0.15, 0.2) is 133 Å². The summed E-state index contributed by atoms with van der Waals surface area (Å²) in [4.78, 5) is 49.5. The summed E-state index contributed by atoms with van der Waals surface area (Å²) in [6.45, 7) is 5.03. The van der Waals surface area contributed by atoms with E-state index in [4.69, 9.17) is 25.7 Å². The smallest absolute Gasteiger partial charge is 0.411 e. The highest BCUT2D eigenvalue weighted by molar-refractivity contribution is 5.73. The number of carbonyl (C=O) groups is 4. The molecule has 0 saturated carbocycles. The van der Waals surface area contributed by atoms with E-state index in [9.17, 15) is 40.7 Å². The van der Waals surface area contributed by atoms with E-state index in [1.165, 1.54) is 48.5 Å². The summed E-state index contributed by atoms with van der Waals surface area (Å²) in [6, 6.07) is 30.6. The number of ether oxygens (including phenoxy) is 2. The number of nitrogens with zero attached hydrogens (tertiary/aromatic N) is 2. The lowest BCUT2D eigenvalue weighted by molar-refractivity contribution is -0.0650. The van der Waals surface area contributed by atoms with Gasteiger partial charge >= 0.3 is 24.2 Å². The highest BCUT2D eigenvalue weighted by Gasteiger charge is 2.44. The second-order valence-electron chi connectivity index (χ2n) is 17.5. The molecule has 2 aliphatic heterocycles. The van der Waals surface area contributed by atoms with Crippen LogP contribution in [0.5, 0.6) is 0 Å². The van der Waals surface area contributed by atoms with Crippen molar-refractivity contribution in [2.45, 2.75) is 62.8 Å². The molecule has 0 bridgehead atoms. The zero-order valence-corrected chi connectivity index (χ0v) is 39.9. The van der Waals surface area contributed by atoms with Crippen LogP contribution in [-0.2, 0) is 20.7 Å². The van der Waals surface area contributed by atoms with Crippen LogP contribution in [0.1, 0.15) is 73.9 Å². The van der Waals surface area contributed by atoms with Crippen LogP contribution < -0.4 is 28.3 Å². The Labute approximate surface area is 418 Å². The van der Waals surface area contributed by atoms with Gasteiger partial charge in [-0.15, -0.1) is 0 Å². The van der Waals surface area contributed by atoms with Gasteiger partial charge in [0.05, 0.1) is 12.1 Å². The molecule has 13 nitrogen and oxygen atoms in total. The zero-order valence-electron chi connectivity index (χ0n) is 39.9. The normalized spacial score (nSPS) is 18.2. The van der Waals surface area contributed by atoms with Gasteiger partial charge in [0.25, 0.3) is 0 Å². The van der Waals surface area contributed by atoms with Crippen molar-refractivity contribution in [2.75, 3.05) is 26.2 Å². The molecule has 9 N–H and O–H groups in total. The third-order valence-electron chi connectivity index (χ3n) is 12.9. The Bertz CT molecular complexity index is 2880. The molecule has 6 aromatic rings. The summed E-state index contributed by atoms with van der Waals surface area (Å²) in [7, 11) is 0. The molecule has 2 aliphatic rings. The minimum absolute atomic E-state index is 0.178. The van der Waals surface area contributed by atoms with E-state index in [1.807, 2.05) is 26.0 Å². The van der Waals surface area contributed by atoms with Gasteiger partial charge in [-0.25, -0.2) is 45.5 Å². The van der Waals surface area contributed by atoms with Gasteiger partial charge in [-0.3, -0.25) is 0 Å². The fourth-order valence-corrected chi connectivity index (χ4v) is 8.91. The number of rotatable bonds is 13. The SMILES string of the molecule is C[C@@H](c1ccc(-c2ccc(F)cc2F)cc1)N1CC[C@](CCN)(c2ccc(F)cc2)OC1=O.C[C@@H](c1ccc(-c2ccc(F)cc2F)cc1)N1CC[C@](CCNC(N)=O)(c2ccc(F)cc2)OC1=O.NC(N)=O. The number of primary amides is 3. The summed E-state index contributed by atoms with van der Waals surface area (Å²) in [5, 5.41) is 2.51. The lowest BCUT2D eigenvalue weighted by Crippen LogP contribution is -2.50. The summed E-state index contributed by atoms with van der Waals surface area (Å²) in [6.07, 6.45) is 0.613. The maximum absolute atomic E-state index is 14.1. The van der Waals surface area contributed by atoms with Crippen molar-refractivity contribution in [3.05, 3.63) is 191 Å². The maximum Gasteiger partial charge on any atom is 0.411 e. The number of urea groups is 2. The van der Waals surface area contributed by atoms with Crippen LogP contribution in [0.4, 0.5) is 45.5 Å². The molecule has 4 atom stereocenters. The number of amides is 6. The molecular formula is C54H55F6N7O6. The van der Waals surface area contributed by atoms with Gasteiger partial charge in [0, 0.05) is 68.6 Å². The van der Waals surface area contributed by atoms with Crippen LogP contribution >= 0.6 is 0 Å². The van der Waals surface area contributed by atoms with Crippen molar-refractivity contribution >= 4 is 24.2 Å². The first kappa shape index (κ1) is 54.3. The molecule has 6 aromatic carbocycles. The van der Waals surface area contributed by atoms with Gasteiger partial charge < -0.3 is 47.5 Å². The number of benzene rings is 6. The van der Waals surface area contributed by atoms with Gasteiger partial charge in [-0.2, -0.15) is 0 Å². The second kappa shape index (κ2) is 23.9. The molecule has 6 amide bonds. The van der Waals surface area contributed by atoms with Crippen LogP contribution in [0.2, 0.25) is 0 Å². The van der Waals surface area contributed by atoms with E-state index in [1.54, 1.807) is 70.5 Å². The lowest BCUT2D eigenvalue weighted by Gasteiger charge is -2.43. The Morgan fingerprint density at radius 1 is 0.562 bits per heavy atom. The standard InChI is InChI=1S/C27H26F3N3O3.C26H25F3N2O2.CH4N2O/c1-17(18-2-4-19(5-3-18)23-11-10-22(29)16-24(23)30)33-15-13-27(36-26(33)35,12-14-32-25(31)34)20-6-8-21(28)9-7-20;1-17(18-2-4-19(5-3-18)23-11-10-22(28)16-24(23)29)31-15-13-26(12-14-30,33-25(31)32)20-6-8-21(27)9-7-20;2-1(3)4/h2-11,16-17H,12-15H2,1H3,(H3,31,32,34);2-11,16-17H,12-15,30H2,1H3;(H4,2,3,4)/t17-,27+;17-,26+;/m00./s1. The van der Waals surface area contributed by atoms with Gasteiger partial charge in [-0.1, -0.05) is 72.8 Å². The van der Waals surface area contributed by atoms with Crippen molar-refractivity contribution in [1.29, 1.82) is 0 Å². The Morgan fingerprint density at radius 3 is 1.25 bits per heavy atom. The largest absolute Gasteiger partial charge is 0.438 e. The van der Waals surface area contributed by atoms with Crippen molar-refractivity contribution in [1.82, 2.24) is 15.1 Å². The highest BCUT2D eigenvalue weighted by Crippen LogP contribution is 2.41. The van der Waals surface area contributed by atoms with Gasteiger partial charge in [-0.05, 0) is 102 Å². The molecule has 8 rings (SSSR count). The number of nitrogens with two attached hydrogens (primary N) is 4. The second-order valence-corrected chi connectivity index (χ2v) is 17.5. The van der Waals surface area contributed by atoms with E-state index in [0.29, 0.717) is 61.2 Å². The predicted octanol–water partition coefficient (Wildman–Crippen LogP) is 10.6. The summed E-state index contributed by atoms with van der Waals surface area (Å²) in [5.74, 6) is -3.33. The minimum atomic E-state index is -1.05. The first-order valence-corrected chi connectivity index (χ1v) is 23.1. The maximum atomic E-state index is 14.1. The van der Waals surface area contributed by atoms with Crippen molar-refractivity contribution < 1.29 is 55.0 Å². The number of hydrogen-bond donors (Lipinski definition) is 5. The Kier molecular flexibility index (Phi) is 17.8. The first-order valence-electron chi connectivity index (χ1n) is 23.1. The fraction of sp³-hybridized carbons (Fsp3) is 0.259. The van der Waals surface area contributed by atoms with Gasteiger partial charge in [0.15, 0.2) is 0 Å². The van der Waals surface area contributed by atoms with E-state index < -0.39 is 64.5 Å². The topological polar surface area (TPSA) is 209 Å². The number of nitrogens with one attached hydrogen (secondary N) is 1. The van der Waals surface area contributed by atoms with Crippen LogP contribution in [0.3, 0.4) is 0 Å². The first-order chi connectivity index (χ1) is 34.7. The third-order valence-corrected chi connectivity index (χ3v) is 12.9. The predicted molar refractivity (Wildman–Crippen MR) is 262 cm³/mol. The quantitative estimate of drug-likeness (QED) is 0.0706. The van der Waals surface area contributed by atoms with Crippen molar-refractivity contribution in [3.8, 4) is 22.3 Å². The van der Waals surface area contributed by atoms with E-state index in [-0.39, 0.29) is 36.4 Å². The van der Waals surface area contributed by atoms with Crippen LogP contribution in [0, 0.1) is 34.9 Å². The Hall–Kier alpha value is -8.06. The minimum Gasteiger partial charge on any atom is -0.438 e. The molecule has 0 radical (unpaired) electrons. The number of carbonyl (C=O) groups excluding carboxylic acids is 4. The molecule has 73 heavy (non-hydrogen) atoms. The number of halogens is 6. The summed E-state index contributed by atoms with van der Waals surface area (Å²) < 4.78 is 93.4. The zero-order chi connectivity index (χ0) is 53.0. The molecule has 19 heteroatoms. The van der Waals surface area contributed by atoms with E-state index in [2.05, 4.69) is 16.8 Å². The molecule has 0 aromatic heterocycles. The van der Waals surface area contributed by atoms with Crippen LogP contribution in [0.25, 0.3) is 22.3 Å². The number of hydrogen-bond acceptors (Lipinski definition) is 7. The molecule has 0 unspecified atom stereocenters. The van der Waals surface area contributed by atoms with E-state index in [0.717, 1.165) is 28.8 Å². The lowest BCUT2D eigenvalue weighted by atomic mass is 9.85. The molecule has 2 saturated heterocycles. The third kappa shape index (κ3) is 13.5. The molecule has 2 fully saturated rings. The average Bonchev–Trinajstić information content (AvgIpc) is 3.34. The van der Waals surface area contributed by atoms with Crippen molar-refractivity contribution in [3.63, 3.8) is 0 Å². The van der Waals surface area contributed by atoms with Crippen molar-refractivity contribution in [2.24, 2.45) is 22.9 Å². The van der Waals surface area contributed by atoms with Gasteiger partial charge in [0.2, 0.25) is 0 Å². The molecular weight excluding hydrogens is 957 g/mol. The summed E-state index contributed by atoms with van der Waals surface area (Å²) in [5.41, 5.74) is 22.3. The Balaban J connectivity index is 0.000000223. The molecule has 0 aliphatic carbocycles. The summed E-state index contributed by atoms with van der Waals surface area (Å²) >= 11 is 0. The van der Waals surface area contributed by atoms with Crippen LogP contribution in [-0.4, -0.2) is 60.2 Å². The average molecular weight is 1010 g/mol. The fourth-order valence-electron chi connectivity index (χ4n) is 8.91.